The highest BCUT2D eigenvalue weighted by atomic mass is 35.5. The highest BCUT2D eigenvalue weighted by Gasteiger charge is 2.37. The second kappa shape index (κ2) is 7.26. The van der Waals surface area contributed by atoms with Crippen LogP contribution in [0.15, 0.2) is 36.4 Å². The first-order valence-corrected chi connectivity index (χ1v) is 10.2. The van der Waals surface area contributed by atoms with Gasteiger partial charge in [-0.1, -0.05) is 17.7 Å². The molecule has 2 amide bonds. The van der Waals surface area contributed by atoms with E-state index in [0.29, 0.717) is 36.3 Å². The van der Waals surface area contributed by atoms with E-state index in [1.807, 2.05) is 36.4 Å². The Morgan fingerprint density at radius 3 is 2.79 bits per heavy atom. The van der Waals surface area contributed by atoms with Gasteiger partial charge in [-0.15, -0.1) is 0 Å². The van der Waals surface area contributed by atoms with E-state index in [9.17, 15) is 9.59 Å². The molecule has 0 saturated carbocycles. The van der Waals surface area contributed by atoms with Crippen LogP contribution in [0.25, 0.3) is 0 Å². The predicted molar refractivity (Wildman–Crippen MR) is 109 cm³/mol. The van der Waals surface area contributed by atoms with Crippen LogP contribution >= 0.6 is 11.6 Å². The number of carbonyl (C=O) groups excluding carboxylic acids is 2. The molecule has 1 aliphatic carbocycles. The molecule has 2 aromatic carbocycles. The maximum absolute atomic E-state index is 12.9. The summed E-state index contributed by atoms with van der Waals surface area (Å²) in [5.41, 5.74) is 3.04. The van der Waals surface area contributed by atoms with Crippen molar-refractivity contribution in [1.82, 2.24) is 5.32 Å². The summed E-state index contributed by atoms with van der Waals surface area (Å²) in [5.74, 6) is 0.815. The van der Waals surface area contributed by atoms with E-state index in [-0.39, 0.29) is 30.2 Å². The fourth-order valence-corrected chi connectivity index (χ4v) is 4.55. The molecule has 2 unspecified atom stereocenters. The zero-order valence-corrected chi connectivity index (χ0v) is 16.6. The van der Waals surface area contributed by atoms with Crippen LogP contribution < -0.4 is 19.7 Å². The van der Waals surface area contributed by atoms with Gasteiger partial charge in [0.25, 0.3) is 0 Å². The molecule has 0 bridgehead atoms. The second-order valence-electron chi connectivity index (χ2n) is 7.68. The van der Waals surface area contributed by atoms with Crippen LogP contribution in [0.3, 0.4) is 0 Å². The minimum Gasteiger partial charge on any atom is -0.486 e. The van der Waals surface area contributed by atoms with E-state index in [2.05, 4.69) is 5.32 Å². The number of ether oxygens (including phenoxy) is 2. The molecule has 1 N–H and O–H groups in total. The van der Waals surface area contributed by atoms with E-state index < -0.39 is 0 Å². The van der Waals surface area contributed by atoms with Crippen molar-refractivity contribution in [3.05, 3.63) is 52.5 Å². The van der Waals surface area contributed by atoms with Crippen LogP contribution in [-0.2, 0) is 16.0 Å². The molecular weight excluding hydrogens is 392 g/mol. The Morgan fingerprint density at radius 1 is 1.10 bits per heavy atom. The lowest BCUT2D eigenvalue weighted by molar-refractivity contribution is -0.127. The number of hydrogen-bond donors (Lipinski definition) is 1. The van der Waals surface area contributed by atoms with Crippen molar-refractivity contribution < 1.29 is 19.1 Å². The van der Waals surface area contributed by atoms with Crippen LogP contribution in [-0.4, -0.2) is 31.6 Å². The van der Waals surface area contributed by atoms with E-state index in [1.165, 1.54) is 5.56 Å². The molecule has 150 valence electrons. The van der Waals surface area contributed by atoms with Crippen molar-refractivity contribution >= 4 is 29.1 Å². The maximum Gasteiger partial charge on any atom is 0.227 e. The number of benzene rings is 2. The molecule has 29 heavy (non-hydrogen) atoms. The molecule has 2 heterocycles. The van der Waals surface area contributed by atoms with Crippen molar-refractivity contribution in [3.8, 4) is 11.5 Å². The topological polar surface area (TPSA) is 67.9 Å². The summed E-state index contributed by atoms with van der Waals surface area (Å²) in [5, 5.41) is 3.85. The molecule has 2 aromatic rings. The lowest BCUT2D eigenvalue weighted by Crippen LogP contribution is -2.34. The van der Waals surface area contributed by atoms with Crippen molar-refractivity contribution in [2.75, 3.05) is 24.7 Å². The average molecular weight is 413 g/mol. The molecule has 1 fully saturated rings. The molecule has 6 nitrogen and oxygen atoms in total. The smallest absolute Gasteiger partial charge is 0.227 e. The number of fused-ring (bicyclic) bond motifs is 2. The van der Waals surface area contributed by atoms with Gasteiger partial charge in [-0.05, 0) is 48.2 Å². The Hall–Kier alpha value is -2.73. The second-order valence-corrected chi connectivity index (χ2v) is 8.11. The van der Waals surface area contributed by atoms with E-state index in [0.717, 1.165) is 24.1 Å². The maximum atomic E-state index is 12.9. The number of nitrogens with zero attached hydrogens (tertiary/aromatic N) is 1. The predicted octanol–water partition coefficient (Wildman–Crippen LogP) is 3.27. The van der Waals surface area contributed by atoms with Gasteiger partial charge in [0.2, 0.25) is 11.8 Å². The molecule has 7 heteroatoms. The third kappa shape index (κ3) is 3.42. The summed E-state index contributed by atoms with van der Waals surface area (Å²) < 4.78 is 11.1. The first kappa shape index (κ1) is 18.3. The Labute approximate surface area is 173 Å². The highest BCUT2D eigenvalue weighted by Crippen LogP contribution is 2.37. The van der Waals surface area contributed by atoms with Gasteiger partial charge in [0.1, 0.15) is 13.2 Å². The number of nitrogens with one attached hydrogen (secondary N) is 1. The highest BCUT2D eigenvalue weighted by molar-refractivity contribution is 6.30. The van der Waals surface area contributed by atoms with E-state index >= 15 is 0 Å². The monoisotopic (exact) mass is 412 g/mol. The third-order valence-corrected chi connectivity index (χ3v) is 6.07. The molecule has 1 saturated heterocycles. The number of anilines is 1. The third-order valence-electron chi connectivity index (χ3n) is 5.83. The number of halogens is 1. The van der Waals surface area contributed by atoms with Crippen molar-refractivity contribution in [2.24, 2.45) is 5.92 Å². The summed E-state index contributed by atoms with van der Waals surface area (Å²) >= 11 is 6.07. The van der Waals surface area contributed by atoms with Gasteiger partial charge >= 0.3 is 0 Å². The van der Waals surface area contributed by atoms with Crippen LogP contribution in [0.4, 0.5) is 5.69 Å². The Kier molecular flexibility index (Phi) is 4.59. The van der Waals surface area contributed by atoms with Gasteiger partial charge in [-0.2, -0.15) is 0 Å². The fraction of sp³-hybridized carbons (Fsp3) is 0.364. The largest absolute Gasteiger partial charge is 0.486 e. The Morgan fingerprint density at radius 2 is 1.93 bits per heavy atom. The summed E-state index contributed by atoms with van der Waals surface area (Å²) in [6.07, 6.45) is 1.96. The average Bonchev–Trinajstić information content (AvgIpc) is 3.31. The molecule has 0 spiro atoms. The number of carbonyl (C=O) groups is 2. The summed E-state index contributed by atoms with van der Waals surface area (Å²) in [7, 11) is 0. The molecule has 0 aromatic heterocycles. The first-order valence-electron chi connectivity index (χ1n) is 9.87. The zero-order chi connectivity index (χ0) is 20.0. The zero-order valence-electron chi connectivity index (χ0n) is 15.8. The van der Waals surface area contributed by atoms with Gasteiger partial charge in [0.05, 0.1) is 12.0 Å². The molecule has 5 rings (SSSR count). The van der Waals surface area contributed by atoms with Gasteiger partial charge in [0, 0.05) is 29.7 Å². The lowest BCUT2D eigenvalue weighted by atomic mass is 10.0. The summed E-state index contributed by atoms with van der Waals surface area (Å²) in [4.78, 5) is 27.1. The molecule has 0 radical (unpaired) electrons. The van der Waals surface area contributed by atoms with Crippen LogP contribution in [0, 0.1) is 5.92 Å². The van der Waals surface area contributed by atoms with Gasteiger partial charge in [-0.25, -0.2) is 0 Å². The number of rotatable bonds is 3. The van der Waals surface area contributed by atoms with Crippen molar-refractivity contribution in [2.45, 2.75) is 25.3 Å². The normalized spacial score (nSPS) is 22.5. The van der Waals surface area contributed by atoms with E-state index in [4.69, 9.17) is 21.1 Å². The fourth-order valence-electron chi connectivity index (χ4n) is 4.36. The molecular formula is C22H21ClN2O4. The quantitative estimate of drug-likeness (QED) is 0.840. The van der Waals surface area contributed by atoms with Crippen LogP contribution in [0.1, 0.15) is 30.0 Å². The van der Waals surface area contributed by atoms with E-state index in [1.54, 1.807) is 4.90 Å². The van der Waals surface area contributed by atoms with Crippen molar-refractivity contribution in [3.63, 3.8) is 0 Å². The van der Waals surface area contributed by atoms with Crippen LogP contribution in [0.2, 0.25) is 5.02 Å². The number of amides is 2. The van der Waals surface area contributed by atoms with Gasteiger partial charge in [0.15, 0.2) is 11.5 Å². The molecule has 2 aliphatic heterocycles. The molecule has 2 atom stereocenters. The van der Waals surface area contributed by atoms with Gasteiger partial charge < -0.3 is 19.7 Å². The Balaban J connectivity index is 1.28. The minimum absolute atomic E-state index is 0.0202. The molecule has 3 aliphatic rings. The number of aryl methyl sites for hydroxylation is 1. The Bertz CT molecular complexity index is 993. The van der Waals surface area contributed by atoms with Gasteiger partial charge in [-0.3, -0.25) is 9.59 Å². The lowest BCUT2D eigenvalue weighted by Gasteiger charge is -2.22. The minimum atomic E-state index is -0.368. The van der Waals surface area contributed by atoms with Crippen molar-refractivity contribution in [1.29, 1.82) is 0 Å². The SMILES string of the molecule is O=C(NC1CCc2cc(Cl)ccc21)C1CC(=O)N(c2ccc3c(c2)OCCO3)C1. The first-order chi connectivity index (χ1) is 14.1. The summed E-state index contributed by atoms with van der Waals surface area (Å²) in [6, 6.07) is 11.2. The number of hydrogen-bond acceptors (Lipinski definition) is 4. The standard InChI is InChI=1S/C22H21ClN2O4/c23-15-2-4-17-13(9-15)1-5-18(17)24-22(27)14-10-21(26)25(12-14)16-3-6-19-20(11-16)29-8-7-28-19/h2-4,6,9,11,14,18H,1,5,7-8,10,12H2,(H,24,27). The summed E-state index contributed by atoms with van der Waals surface area (Å²) in [6.45, 7) is 1.38. The van der Waals surface area contributed by atoms with Crippen LogP contribution in [0.5, 0.6) is 11.5 Å².